The highest BCUT2D eigenvalue weighted by molar-refractivity contribution is 7.86. The van der Waals surface area contributed by atoms with Crippen molar-refractivity contribution in [2.24, 2.45) is 0 Å². The molecule has 0 radical (unpaired) electrons. The third-order valence-corrected chi connectivity index (χ3v) is 5.06. The van der Waals surface area contributed by atoms with Crippen LogP contribution in [0.4, 0.5) is 0 Å². The summed E-state index contributed by atoms with van der Waals surface area (Å²) in [5, 5.41) is 12.7. The molecule has 4 atom stereocenters. The second kappa shape index (κ2) is 5.09. The second-order valence-corrected chi connectivity index (χ2v) is 6.77. The Hall–Kier alpha value is -0.990. The van der Waals surface area contributed by atoms with E-state index in [0.29, 0.717) is 6.54 Å². The Morgan fingerprint density at radius 3 is 2.75 bits per heavy atom. The first kappa shape index (κ1) is 14.0. The maximum Gasteiger partial charge on any atom is 0.297 e. The van der Waals surface area contributed by atoms with Gasteiger partial charge in [0.25, 0.3) is 10.1 Å². The molecule has 1 aromatic rings. The van der Waals surface area contributed by atoms with Gasteiger partial charge in [0.1, 0.15) is 12.2 Å². The summed E-state index contributed by atoms with van der Waals surface area (Å²) < 4.78 is 35.1. The van der Waals surface area contributed by atoms with Gasteiger partial charge in [0.05, 0.1) is 23.6 Å². The van der Waals surface area contributed by atoms with Crippen molar-refractivity contribution < 1.29 is 22.4 Å². The fraction of sp³-hybridized carbons (Fsp3) is 0.538. The molecular formula is C13H17NO5S. The molecule has 2 heterocycles. The zero-order valence-electron chi connectivity index (χ0n) is 11.0. The number of aliphatic hydroxyl groups is 1. The Labute approximate surface area is 117 Å². The van der Waals surface area contributed by atoms with E-state index in [4.69, 9.17) is 8.92 Å². The summed E-state index contributed by atoms with van der Waals surface area (Å²) in [7, 11) is -3.82. The van der Waals surface area contributed by atoms with Gasteiger partial charge in [-0.1, -0.05) is 17.7 Å². The summed E-state index contributed by atoms with van der Waals surface area (Å²) in [5.41, 5.74) is 0.980. The summed E-state index contributed by atoms with van der Waals surface area (Å²) in [5.74, 6) is 0. The van der Waals surface area contributed by atoms with Crippen LogP contribution < -0.4 is 5.32 Å². The molecule has 6 nitrogen and oxygen atoms in total. The lowest BCUT2D eigenvalue weighted by Gasteiger charge is -2.17. The van der Waals surface area contributed by atoms with Crippen LogP contribution in [0, 0.1) is 6.92 Å². The highest BCUT2D eigenvalue weighted by atomic mass is 32.2. The van der Waals surface area contributed by atoms with Gasteiger partial charge >= 0.3 is 0 Å². The molecule has 0 aliphatic carbocycles. The summed E-state index contributed by atoms with van der Waals surface area (Å²) in [6.07, 6.45) is -1.65. The number of benzene rings is 1. The van der Waals surface area contributed by atoms with Crippen LogP contribution in [0.2, 0.25) is 0 Å². The van der Waals surface area contributed by atoms with Crippen LogP contribution in [0.5, 0.6) is 0 Å². The summed E-state index contributed by atoms with van der Waals surface area (Å²) in [6, 6.07) is 6.24. The van der Waals surface area contributed by atoms with Crippen LogP contribution in [0.15, 0.2) is 29.2 Å². The number of hydrogen-bond donors (Lipinski definition) is 2. The van der Waals surface area contributed by atoms with Crippen molar-refractivity contribution in [3.05, 3.63) is 29.8 Å². The Kier molecular flexibility index (Phi) is 3.55. The molecule has 0 amide bonds. The molecule has 20 heavy (non-hydrogen) atoms. The molecule has 7 heteroatoms. The average molecular weight is 299 g/mol. The van der Waals surface area contributed by atoms with Gasteiger partial charge in [0.2, 0.25) is 0 Å². The molecule has 2 aliphatic rings. The largest absolute Gasteiger partial charge is 0.389 e. The fourth-order valence-corrected chi connectivity index (χ4v) is 3.69. The van der Waals surface area contributed by atoms with Crippen molar-refractivity contribution in [2.45, 2.75) is 36.2 Å². The van der Waals surface area contributed by atoms with Crippen molar-refractivity contribution in [3.8, 4) is 0 Å². The van der Waals surface area contributed by atoms with E-state index in [1.807, 2.05) is 6.92 Å². The van der Waals surface area contributed by atoms with Gasteiger partial charge in [-0.3, -0.25) is 4.18 Å². The van der Waals surface area contributed by atoms with Crippen LogP contribution in [-0.2, 0) is 19.0 Å². The SMILES string of the molecule is Cc1ccc(S(=O)(=O)O[C@@H]2CNC3C(O)CO[C@H]32)cc1. The highest BCUT2D eigenvalue weighted by Gasteiger charge is 2.47. The monoisotopic (exact) mass is 299 g/mol. The third kappa shape index (κ3) is 2.47. The van der Waals surface area contributed by atoms with Crippen LogP contribution in [-0.4, -0.2) is 51.0 Å². The number of hydrogen-bond acceptors (Lipinski definition) is 6. The number of ether oxygens (including phenoxy) is 1. The quantitative estimate of drug-likeness (QED) is 0.752. The number of aryl methyl sites for hydroxylation is 1. The molecular weight excluding hydrogens is 282 g/mol. The van der Waals surface area contributed by atoms with Gasteiger partial charge in [-0.2, -0.15) is 8.42 Å². The fourth-order valence-electron chi connectivity index (χ4n) is 2.61. The summed E-state index contributed by atoms with van der Waals surface area (Å²) in [6.45, 7) is 2.43. The van der Waals surface area contributed by atoms with Crippen molar-refractivity contribution in [3.63, 3.8) is 0 Å². The normalized spacial score (nSPS) is 33.3. The minimum absolute atomic E-state index is 0.130. The third-order valence-electron chi connectivity index (χ3n) is 3.71. The first-order valence-electron chi connectivity index (χ1n) is 6.50. The van der Waals surface area contributed by atoms with Gasteiger partial charge in [-0.05, 0) is 19.1 Å². The minimum atomic E-state index is -3.82. The Bertz CT molecular complexity index is 585. The lowest BCUT2D eigenvalue weighted by molar-refractivity contribution is 0.0278. The van der Waals surface area contributed by atoms with Gasteiger partial charge in [0.15, 0.2) is 0 Å². The maximum absolute atomic E-state index is 12.2. The predicted octanol–water partition coefficient (Wildman–Crippen LogP) is -0.200. The molecule has 2 unspecified atom stereocenters. The van der Waals surface area contributed by atoms with E-state index in [0.717, 1.165) is 5.56 Å². The molecule has 3 rings (SSSR count). The zero-order valence-corrected chi connectivity index (χ0v) is 11.8. The molecule has 110 valence electrons. The molecule has 2 N–H and O–H groups in total. The van der Waals surface area contributed by atoms with E-state index in [-0.39, 0.29) is 17.5 Å². The first-order valence-corrected chi connectivity index (χ1v) is 7.91. The predicted molar refractivity (Wildman–Crippen MR) is 70.8 cm³/mol. The number of nitrogens with one attached hydrogen (secondary N) is 1. The lowest BCUT2D eigenvalue weighted by atomic mass is 10.1. The number of fused-ring (bicyclic) bond motifs is 1. The number of rotatable bonds is 3. The zero-order chi connectivity index (χ0) is 14.3. The van der Waals surface area contributed by atoms with Gasteiger partial charge in [-0.25, -0.2) is 0 Å². The Balaban J connectivity index is 1.76. The van der Waals surface area contributed by atoms with E-state index in [9.17, 15) is 13.5 Å². The molecule has 1 aromatic carbocycles. The molecule has 2 aliphatic heterocycles. The topological polar surface area (TPSA) is 84.9 Å². The molecule has 0 aromatic heterocycles. The van der Waals surface area contributed by atoms with Gasteiger partial charge in [0, 0.05) is 6.54 Å². The van der Waals surface area contributed by atoms with Crippen LogP contribution in [0.1, 0.15) is 5.56 Å². The second-order valence-electron chi connectivity index (χ2n) is 5.20. The van der Waals surface area contributed by atoms with E-state index < -0.39 is 28.4 Å². The van der Waals surface area contributed by atoms with E-state index >= 15 is 0 Å². The lowest BCUT2D eigenvalue weighted by Crippen LogP contribution is -2.37. The van der Waals surface area contributed by atoms with Crippen molar-refractivity contribution in [2.75, 3.05) is 13.2 Å². The van der Waals surface area contributed by atoms with Crippen LogP contribution >= 0.6 is 0 Å². The summed E-state index contributed by atoms with van der Waals surface area (Å²) in [4.78, 5) is 0.130. The van der Waals surface area contributed by atoms with Crippen molar-refractivity contribution >= 4 is 10.1 Å². The van der Waals surface area contributed by atoms with Crippen LogP contribution in [0.3, 0.4) is 0 Å². The van der Waals surface area contributed by atoms with E-state index in [1.165, 1.54) is 12.1 Å². The van der Waals surface area contributed by atoms with Crippen molar-refractivity contribution in [1.82, 2.24) is 5.32 Å². The maximum atomic E-state index is 12.2. The van der Waals surface area contributed by atoms with E-state index in [1.54, 1.807) is 12.1 Å². The number of aliphatic hydroxyl groups excluding tert-OH is 1. The van der Waals surface area contributed by atoms with Gasteiger partial charge in [-0.15, -0.1) is 0 Å². The van der Waals surface area contributed by atoms with Crippen molar-refractivity contribution in [1.29, 1.82) is 0 Å². The van der Waals surface area contributed by atoms with Crippen LogP contribution in [0.25, 0.3) is 0 Å². The minimum Gasteiger partial charge on any atom is -0.389 e. The van der Waals surface area contributed by atoms with E-state index in [2.05, 4.69) is 5.32 Å². The standard InChI is InChI=1S/C13H17NO5S/c1-8-2-4-9(5-3-8)20(16,17)19-11-6-14-12-10(15)7-18-13(11)12/h2-5,10-15H,6-7H2,1H3/t10?,11-,12?,13+/m1/s1. The average Bonchev–Trinajstić information content (AvgIpc) is 2.95. The first-order chi connectivity index (χ1) is 9.47. The Morgan fingerprint density at radius 2 is 2.05 bits per heavy atom. The summed E-state index contributed by atoms with van der Waals surface area (Å²) >= 11 is 0. The van der Waals surface area contributed by atoms with Gasteiger partial charge < -0.3 is 15.2 Å². The molecule has 2 saturated heterocycles. The molecule has 0 saturated carbocycles. The highest BCUT2D eigenvalue weighted by Crippen LogP contribution is 2.27. The molecule has 2 fully saturated rings. The molecule has 0 spiro atoms. The molecule has 0 bridgehead atoms. The smallest absolute Gasteiger partial charge is 0.297 e. The Morgan fingerprint density at radius 1 is 1.35 bits per heavy atom.